The third kappa shape index (κ3) is 3.46. The lowest BCUT2D eigenvalue weighted by Crippen LogP contribution is -2.45. The molecular formula is C22H23N7O2. The number of carbonyl (C=O) groups is 1. The van der Waals surface area contributed by atoms with Crippen LogP contribution in [0.3, 0.4) is 0 Å². The zero-order valence-corrected chi connectivity index (χ0v) is 17.3. The summed E-state index contributed by atoms with van der Waals surface area (Å²) in [4.78, 5) is 37.9. The molecule has 3 N–H and O–H groups in total. The van der Waals surface area contributed by atoms with Crippen molar-refractivity contribution in [1.82, 2.24) is 24.8 Å². The number of carbonyl (C=O) groups excluding carboxylic acids is 1. The smallest absolute Gasteiger partial charge is 0.276 e. The lowest BCUT2D eigenvalue weighted by molar-refractivity contribution is -0.117. The molecule has 1 atom stereocenters. The molecule has 0 spiro atoms. The van der Waals surface area contributed by atoms with Crippen LogP contribution in [-0.2, 0) is 17.0 Å². The Morgan fingerprint density at radius 1 is 1.19 bits per heavy atom. The van der Waals surface area contributed by atoms with Crippen LogP contribution in [0.15, 0.2) is 47.8 Å². The summed E-state index contributed by atoms with van der Waals surface area (Å²) in [5.74, 6) is 0.899. The molecule has 0 aromatic carbocycles. The third-order valence-electron chi connectivity index (χ3n) is 5.94. The molecular weight excluding hydrogens is 394 g/mol. The van der Waals surface area contributed by atoms with Crippen LogP contribution in [0.25, 0.3) is 0 Å². The number of nitrogens with one attached hydrogen (secondary N) is 3. The van der Waals surface area contributed by atoms with E-state index in [-0.39, 0.29) is 17.4 Å². The zero-order chi connectivity index (χ0) is 21.6. The van der Waals surface area contributed by atoms with Crippen LogP contribution in [0.2, 0.25) is 0 Å². The molecule has 1 aliphatic carbocycles. The van der Waals surface area contributed by atoms with Crippen molar-refractivity contribution in [2.24, 2.45) is 5.92 Å². The summed E-state index contributed by atoms with van der Waals surface area (Å²) in [6.45, 7) is 4.56. The minimum Gasteiger partial charge on any atom is -0.336 e. The van der Waals surface area contributed by atoms with Gasteiger partial charge < -0.3 is 10.6 Å². The summed E-state index contributed by atoms with van der Waals surface area (Å²) >= 11 is 0. The van der Waals surface area contributed by atoms with Gasteiger partial charge in [0.15, 0.2) is 0 Å². The molecule has 3 aromatic rings. The number of fused-ring (bicyclic) bond motifs is 1. The fraction of sp³-hybridized carbons (Fsp3) is 0.318. The first-order chi connectivity index (χ1) is 15.0. The van der Waals surface area contributed by atoms with E-state index in [1.54, 1.807) is 23.0 Å². The molecule has 1 unspecified atom stereocenters. The van der Waals surface area contributed by atoms with Crippen molar-refractivity contribution in [3.05, 3.63) is 70.2 Å². The third-order valence-corrected chi connectivity index (χ3v) is 5.94. The quantitative estimate of drug-likeness (QED) is 0.583. The number of aryl methyl sites for hydroxylation is 1. The minimum absolute atomic E-state index is 0.0303. The predicted octanol–water partition coefficient (Wildman–Crippen LogP) is 2.26. The SMILES string of the molecule is Cc1cc(Nc2cc(NC(=O)C3CC3)ncn2)c(=O)n2c1CNC2(C)c1ccncc1. The van der Waals surface area contributed by atoms with Gasteiger partial charge in [-0.25, -0.2) is 9.97 Å². The van der Waals surface area contributed by atoms with Crippen LogP contribution in [-0.4, -0.2) is 25.4 Å². The van der Waals surface area contributed by atoms with Crippen LogP contribution in [0.4, 0.5) is 17.3 Å². The lowest BCUT2D eigenvalue weighted by Gasteiger charge is -2.29. The molecule has 1 aliphatic heterocycles. The van der Waals surface area contributed by atoms with Crippen molar-refractivity contribution in [2.75, 3.05) is 10.6 Å². The Hall–Kier alpha value is -3.59. The van der Waals surface area contributed by atoms with E-state index in [0.717, 1.165) is 29.7 Å². The number of hydrogen-bond donors (Lipinski definition) is 3. The first-order valence-electron chi connectivity index (χ1n) is 10.3. The standard InChI is InChI=1S/C22H23N7O2/c1-13-9-16(27-18-10-19(25-12-24-18)28-20(30)14-3-4-14)21(31)29-17(13)11-26-22(29,2)15-5-7-23-8-6-15/h5-10,12,14,26H,3-4,11H2,1-2H3,(H2,24,25,27,28,30). The van der Waals surface area contributed by atoms with E-state index < -0.39 is 5.66 Å². The van der Waals surface area contributed by atoms with Crippen molar-refractivity contribution in [3.8, 4) is 0 Å². The van der Waals surface area contributed by atoms with Crippen LogP contribution < -0.4 is 21.5 Å². The van der Waals surface area contributed by atoms with E-state index >= 15 is 0 Å². The summed E-state index contributed by atoms with van der Waals surface area (Å²) in [6, 6.07) is 7.28. The topological polar surface area (TPSA) is 114 Å². The van der Waals surface area contributed by atoms with Crippen molar-refractivity contribution >= 4 is 23.2 Å². The number of pyridine rings is 2. The molecule has 158 valence electrons. The van der Waals surface area contributed by atoms with E-state index in [4.69, 9.17) is 0 Å². The highest BCUT2D eigenvalue weighted by atomic mass is 16.2. The summed E-state index contributed by atoms with van der Waals surface area (Å²) in [5.41, 5.74) is 2.44. The van der Waals surface area contributed by atoms with Crippen molar-refractivity contribution < 1.29 is 4.79 Å². The second kappa shape index (κ2) is 7.28. The largest absolute Gasteiger partial charge is 0.336 e. The highest BCUT2D eigenvalue weighted by Gasteiger charge is 2.37. The fourth-order valence-electron chi connectivity index (χ4n) is 4.01. The van der Waals surface area contributed by atoms with Crippen LogP contribution in [0, 0.1) is 12.8 Å². The Kier molecular flexibility index (Phi) is 4.55. The van der Waals surface area contributed by atoms with Crippen LogP contribution in [0.1, 0.15) is 36.6 Å². The average Bonchev–Trinajstić information content (AvgIpc) is 3.56. The van der Waals surface area contributed by atoms with Gasteiger partial charge in [0, 0.05) is 36.6 Å². The van der Waals surface area contributed by atoms with Crippen molar-refractivity contribution in [1.29, 1.82) is 0 Å². The number of hydrogen-bond acceptors (Lipinski definition) is 7. The Bertz CT molecular complexity index is 1220. The summed E-state index contributed by atoms with van der Waals surface area (Å²) < 4.78 is 1.79. The monoisotopic (exact) mass is 417 g/mol. The van der Waals surface area contributed by atoms with Crippen molar-refractivity contribution in [3.63, 3.8) is 0 Å². The first kappa shape index (κ1) is 19.4. The second-order valence-electron chi connectivity index (χ2n) is 8.17. The molecule has 9 heteroatoms. The summed E-state index contributed by atoms with van der Waals surface area (Å²) in [5, 5.41) is 9.39. The van der Waals surface area contributed by atoms with E-state index in [0.29, 0.717) is 23.9 Å². The van der Waals surface area contributed by atoms with Gasteiger partial charge in [-0.15, -0.1) is 0 Å². The highest BCUT2D eigenvalue weighted by molar-refractivity contribution is 5.93. The van der Waals surface area contributed by atoms with E-state index in [1.165, 1.54) is 6.33 Å². The van der Waals surface area contributed by atoms with Crippen LogP contribution >= 0.6 is 0 Å². The van der Waals surface area contributed by atoms with Gasteiger partial charge in [-0.2, -0.15) is 0 Å². The molecule has 9 nitrogen and oxygen atoms in total. The molecule has 2 aliphatic rings. The predicted molar refractivity (Wildman–Crippen MR) is 116 cm³/mol. The summed E-state index contributed by atoms with van der Waals surface area (Å²) in [6.07, 6.45) is 6.64. The van der Waals surface area contributed by atoms with Gasteiger partial charge in [0.2, 0.25) is 5.91 Å². The first-order valence-corrected chi connectivity index (χ1v) is 10.3. The molecule has 3 aromatic heterocycles. The number of anilines is 3. The molecule has 1 saturated carbocycles. The molecule has 4 heterocycles. The molecule has 1 fully saturated rings. The maximum absolute atomic E-state index is 13.5. The highest BCUT2D eigenvalue weighted by Crippen LogP contribution is 2.32. The van der Waals surface area contributed by atoms with Gasteiger partial charge in [-0.3, -0.25) is 24.5 Å². The lowest BCUT2D eigenvalue weighted by atomic mass is 10.0. The molecule has 0 radical (unpaired) electrons. The van der Waals surface area contributed by atoms with Gasteiger partial charge >= 0.3 is 0 Å². The fourth-order valence-corrected chi connectivity index (χ4v) is 4.01. The zero-order valence-electron chi connectivity index (χ0n) is 17.3. The van der Waals surface area contributed by atoms with Crippen molar-refractivity contribution in [2.45, 2.75) is 38.9 Å². The van der Waals surface area contributed by atoms with Gasteiger partial charge in [-0.05, 0) is 56.0 Å². The number of rotatable bonds is 5. The minimum atomic E-state index is -0.688. The molecule has 1 amide bonds. The Morgan fingerprint density at radius 2 is 1.94 bits per heavy atom. The Balaban J connectivity index is 1.49. The van der Waals surface area contributed by atoms with Crippen LogP contribution in [0.5, 0.6) is 0 Å². The number of amides is 1. The van der Waals surface area contributed by atoms with E-state index in [9.17, 15) is 9.59 Å². The Labute approximate surface area is 179 Å². The number of nitrogens with zero attached hydrogens (tertiary/aromatic N) is 4. The molecule has 0 saturated heterocycles. The van der Waals surface area contributed by atoms with Gasteiger partial charge in [0.25, 0.3) is 5.56 Å². The summed E-state index contributed by atoms with van der Waals surface area (Å²) in [7, 11) is 0. The molecule has 5 rings (SSSR count). The second-order valence-corrected chi connectivity index (χ2v) is 8.17. The van der Waals surface area contributed by atoms with E-state index in [2.05, 4.69) is 30.9 Å². The molecule has 0 bridgehead atoms. The maximum Gasteiger partial charge on any atom is 0.276 e. The van der Waals surface area contributed by atoms with E-state index in [1.807, 2.05) is 32.0 Å². The van der Waals surface area contributed by atoms with Gasteiger partial charge in [-0.1, -0.05) is 0 Å². The molecule has 31 heavy (non-hydrogen) atoms. The average molecular weight is 417 g/mol. The Morgan fingerprint density at radius 3 is 2.68 bits per heavy atom. The van der Waals surface area contributed by atoms with Gasteiger partial charge in [0.1, 0.15) is 29.3 Å². The number of aromatic nitrogens is 4. The maximum atomic E-state index is 13.5. The normalized spacial score (nSPS) is 19.7. The van der Waals surface area contributed by atoms with Gasteiger partial charge in [0.05, 0.1) is 0 Å².